The third-order valence-corrected chi connectivity index (χ3v) is 4.55. The van der Waals surface area contributed by atoms with Crippen LogP contribution in [0.25, 0.3) is 0 Å². The largest absolute Gasteiger partial charge is 0.338 e. The lowest BCUT2D eigenvalue weighted by molar-refractivity contribution is -0.120. The fraction of sp³-hybridized carbons (Fsp3) is 0.0909. The van der Waals surface area contributed by atoms with E-state index in [9.17, 15) is 9.59 Å². The summed E-state index contributed by atoms with van der Waals surface area (Å²) in [4.78, 5) is 25.6. The van der Waals surface area contributed by atoms with Crippen LogP contribution >= 0.6 is 23.2 Å². The van der Waals surface area contributed by atoms with Gasteiger partial charge in [0.25, 0.3) is 5.91 Å². The molecule has 0 fully saturated rings. The van der Waals surface area contributed by atoms with Crippen LogP contribution in [0.4, 0.5) is 0 Å². The van der Waals surface area contributed by atoms with Gasteiger partial charge in [-0.3, -0.25) is 9.59 Å². The first-order chi connectivity index (χ1) is 13.0. The number of carbonyl (C=O) groups excluding carboxylic acids is 2. The summed E-state index contributed by atoms with van der Waals surface area (Å²) in [6.45, 7) is 0. The van der Waals surface area contributed by atoms with Gasteiger partial charge in [0.15, 0.2) is 5.78 Å². The second-order valence-corrected chi connectivity index (χ2v) is 6.97. The minimum atomic E-state index is -0.767. The Morgan fingerprint density at radius 1 is 0.815 bits per heavy atom. The average Bonchev–Trinajstić information content (AvgIpc) is 2.66. The molecule has 1 atom stereocenters. The van der Waals surface area contributed by atoms with E-state index in [0.717, 1.165) is 11.1 Å². The molecule has 3 aromatic rings. The van der Waals surface area contributed by atoms with Crippen molar-refractivity contribution < 1.29 is 9.59 Å². The lowest BCUT2D eigenvalue weighted by Crippen LogP contribution is -2.34. The van der Waals surface area contributed by atoms with Crippen LogP contribution in [0.5, 0.6) is 0 Å². The van der Waals surface area contributed by atoms with Crippen molar-refractivity contribution in [3.8, 4) is 0 Å². The molecule has 0 radical (unpaired) electrons. The molecule has 0 bridgehead atoms. The maximum absolute atomic E-state index is 13.0. The summed E-state index contributed by atoms with van der Waals surface area (Å²) in [5, 5.41) is 3.86. The van der Waals surface area contributed by atoms with Crippen LogP contribution in [-0.4, -0.2) is 11.7 Å². The number of Topliss-reactive ketones (excluding diaryl/α,β-unsaturated/α-hetero) is 1. The second kappa shape index (κ2) is 8.85. The standard InChI is InChI=1S/C22H17Cl2NO2/c23-18-10-4-6-15(12-18)13-20(26)21(16-7-2-1-3-8-16)25-22(27)17-9-5-11-19(24)14-17/h1-12,14,21H,13H2,(H,25,27). The predicted molar refractivity (Wildman–Crippen MR) is 108 cm³/mol. The molecule has 0 aromatic heterocycles. The number of hydrogen-bond donors (Lipinski definition) is 1. The SMILES string of the molecule is O=C(NC(C(=O)Cc1cccc(Cl)c1)c1ccccc1)c1cccc(Cl)c1. The van der Waals surface area contributed by atoms with Crippen LogP contribution in [0.1, 0.15) is 27.5 Å². The molecule has 3 aromatic carbocycles. The molecule has 1 unspecified atom stereocenters. The Bertz CT molecular complexity index is 957. The van der Waals surface area contributed by atoms with Crippen LogP contribution in [0, 0.1) is 0 Å². The van der Waals surface area contributed by atoms with E-state index < -0.39 is 6.04 Å². The molecule has 0 saturated carbocycles. The van der Waals surface area contributed by atoms with Crippen molar-refractivity contribution in [1.29, 1.82) is 0 Å². The summed E-state index contributed by atoms with van der Waals surface area (Å²) in [7, 11) is 0. The Labute approximate surface area is 167 Å². The van der Waals surface area contributed by atoms with Crippen LogP contribution in [0.2, 0.25) is 10.0 Å². The van der Waals surface area contributed by atoms with Crippen molar-refractivity contribution in [3.63, 3.8) is 0 Å². The van der Waals surface area contributed by atoms with Crippen molar-refractivity contribution in [1.82, 2.24) is 5.32 Å². The fourth-order valence-electron chi connectivity index (χ4n) is 2.79. The van der Waals surface area contributed by atoms with Crippen molar-refractivity contribution >= 4 is 34.9 Å². The highest BCUT2D eigenvalue weighted by atomic mass is 35.5. The van der Waals surface area contributed by atoms with E-state index in [1.165, 1.54) is 0 Å². The van der Waals surface area contributed by atoms with E-state index in [4.69, 9.17) is 23.2 Å². The molecule has 0 aliphatic carbocycles. The molecular weight excluding hydrogens is 381 g/mol. The van der Waals surface area contributed by atoms with Gasteiger partial charge in [0.1, 0.15) is 6.04 Å². The Morgan fingerprint density at radius 2 is 1.48 bits per heavy atom. The van der Waals surface area contributed by atoms with Crippen molar-refractivity contribution in [2.75, 3.05) is 0 Å². The van der Waals surface area contributed by atoms with Crippen LogP contribution in [0.3, 0.4) is 0 Å². The van der Waals surface area contributed by atoms with Crippen molar-refractivity contribution in [2.45, 2.75) is 12.5 Å². The Hall–Kier alpha value is -2.62. The van der Waals surface area contributed by atoms with E-state index in [0.29, 0.717) is 15.6 Å². The van der Waals surface area contributed by atoms with Crippen LogP contribution < -0.4 is 5.32 Å². The quantitative estimate of drug-likeness (QED) is 0.615. The molecule has 0 saturated heterocycles. The summed E-state index contributed by atoms with van der Waals surface area (Å²) in [6.07, 6.45) is 0.163. The molecule has 0 spiro atoms. The van der Waals surface area contributed by atoms with Gasteiger partial charge in [-0.2, -0.15) is 0 Å². The van der Waals surface area contributed by atoms with Crippen LogP contribution in [-0.2, 0) is 11.2 Å². The first kappa shape index (κ1) is 19.2. The number of carbonyl (C=O) groups is 2. The number of halogens is 2. The summed E-state index contributed by atoms with van der Waals surface area (Å²) in [6, 6.07) is 22.2. The van der Waals surface area contributed by atoms with Gasteiger partial charge in [-0.25, -0.2) is 0 Å². The van der Waals surface area contributed by atoms with Gasteiger partial charge in [-0.15, -0.1) is 0 Å². The normalized spacial score (nSPS) is 11.6. The zero-order valence-electron chi connectivity index (χ0n) is 14.4. The predicted octanol–water partition coefficient (Wildman–Crippen LogP) is 5.28. The first-order valence-electron chi connectivity index (χ1n) is 8.41. The molecule has 27 heavy (non-hydrogen) atoms. The Kier molecular flexibility index (Phi) is 6.28. The lowest BCUT2D eigenvalue weighted by Gasteiger charge is -2.18. The second-order valence-electron chi connectivity index (χ2n) is 6.10. The monoisotopic (exact) mass is 397 g/mol. The van der Waals surface area contributed by atoms with Gasteiger partial charge in [-0.05, 0) is 41.5 Å². The van der Waals surface area contributed by atoms with Gasteiger partial charge < -0.3 is 5.32 Å². The topological polar surface area (TPSA) is 46.2 Å². The summed E-state index contributed by atoms with van der Waals surface area (Å²) in [5.41, 5.74) is 1.92. The third kappa shape index (κ3) is 5.19. The number of rotatable bonds is 6. The van der Waals surface area contributed by atoms with E-state index >= 15 is 0 Å². The highest BCUT2D eigenvalue weighted by molar-refractivity contribution is 6.31. The Morgan fingerprint density at radius 3 is 2.15 bits per heavy atom. The smallest absolute Gasteiger partial charge is 0.252 e. The van der Waals surface area contributed by atoms with E-state index in [1.807, 2.05) is 36.4 Å². The third-order valence-electron chi connectivity index (χ3n) is 4.08. The maximum atomic E-state index is 13.0. The van der Waals surface area contributed by atoms with E-state index in [1.54, 1.807) is 42.5 Å². The van der Waals surface area contributed by atoms with Gasteiger partial charge >= 0.3 is 0 Å². The summed E-state index contributed by atoms with van der Waals surface area (Å²) >= 11 is 12.0. The molecule has 1 amide bonds. The molecule has 1 N–H and O–H groups in total. The van der Waals surface area contributed by atoms with Gasteiger partial charge in [-0.1, -0.05) is 71.7 Å². The van der Waals surface area contributed by atoms with Gasteiger partial charge in [0, 0.05) is 22.0 Å². The minimum Gasteiger partial charge on any atom is -0.338 e. The van der Waals surface area contributed by atoms with E-state index in [-0.39, 0.29) is 18.1 Å². The van der Waals surface area contributed by atoms with E-state index in [2.05, 4.69) is 5.32 Å². The molecular formula is C22H17Cl2NO2. The number of ketones is 1. The molecule has 5 heteroatoms. The number of hydrogen-bond acceptors (Lipinski definition) is 2. The summed E-state index contributed by atoms with van der Waals surface area (Å²) < 4.78 is 0. The maximum Gasteiger partial charge on any atom is 0.252 e. The minimum absolute atomic E-state index is 0.126. The van der Waals surface area contributed by atoms with Crippen molar-refractivity contribution in [2.24, 2.45) is 0 Å². The number of amides is 1. The molecule has 0 heterocycles. The lowest BCUT2D eigenvalue weighted by atomic mass is 9.97. The molecule has 0 aliphatic rings. The van der Waals surface area contributed by atoms with Gasteiger partial charge in [0.05, 0.1) is 0 Å². The average molecular weight is 398 g/mol. The van der Waals surface area contributed by atoms with Gasteiger partial charge in [0.2, 0.25) is 0 Å². The van der Waals surface area contributed by atoms with Crippen molar-refractivity contribution in [3.05, 3.63) is 106 Å². The fourth-order valence-corrected chi connectivity index (χ4v) is 3.19. The highest BCUT2D eigenvalue weighted by Crippen LogP contribution is 2.19. The zero-order chi connectivity index (χ0) is 19.2. The molecule has 3 rings (SSSR count). The number of benzene rings is 3. The molecule has 136 valence electrons. The molecule has 0 aliphatic heterocycles. The van der Waals surface area contributed by atoms with Crippen LogP contribution in [0.15, 0.2) is 78.9 Å². The highest BCUT2D eigenvalue weighted by Gasteiger charge is 2.23. The summed E-state index contributed by atoms with van der Waals surface area (Å²) in [5.74, 6) is -0.482. The molecule has 3 nitrogen and oxygen atoms in total. The number of nitrogens with one attached hydrogen (secondary N) is 1. The zero-order valence-corrected chi connectivity index (χ0v) is 15.9. The Balaban J connectivity index is 1.85. The first-order valence-corrected chi connectivity index (χ1v) is 9.17.